The molecule has 0 unspecified atom stereocenters. The second-order valence-corrected chi connectivity index (χ2v) is 4.38. The Hall–Kier alpha value is -1.77. The van der Waals surface area contributed by atoms with Crippen molar-refractivity contribution in [2.24, 2.45) is 5.73 Å². The first-order valence-corrected chi connectivity index (χ1v) is 5.35. The van der Waals surface area contributed by atoms with Crippen LogP contribution in [0.5, 0.6) is 0 Å². The number of amides is 1. The number of H-pyrrole nitrogens is 1. The minimum absolute atomic E-state index is 0.289. The van der Waals surface area contributed by atoms with Crippen LogP contribution < -0.4 is 5.73 Å². The molecule has 2 rings (SSSR count). The monoisotopic (exact) mass is 216 g/mol. The van der Waals surface area contributed by atoms with E-state index in [1.807, 2.05) is 6.92 Å². The van der Waals surface area contributed by atoms with Gasteiger partial charge in [0.2, 0.25) is 5.91 Å². The van der Waals surface area contributed by atoms with Crippen LogP contribution in [-0.2, 0) is 11.2 Å². The van der Waals surface area contributed by atoms with Gasteiger partial charge in [-0.25, -0.2) is 0 Å². The first-order chi connectivity index (χ1) is 7.49. The molecule has 0 radical (unpaired) electrons. The molecule has 1 aromatic carbocycles. The summed E-state index contributed by atoms with van der Waals surface area (Å²) < 4.78 is 0. The van der Waals surface area contributed by atoms with E-state index in [1.54, 1.807) is 0 Å². The van der Waals surface area contributed by atoms with Gasteiger partial charge in [-0.15, -0.1) is 0 Å². The Labute approximate surface area is 94.6 Å². The fourth-order valence-electron chi connectivity index (χ4n) is 2.24. The second-order valence-electron chi connectivity index (χ2n) is 4.38. The van der Waals surface area contributed by atoms with Crippen LogP contribution in [0.1, 0.15) is 22.4 Å². The molecule has 3 N–H and O–H groups in total. The van der Waals surface area contributed by atoms with Gasteiger partial charge in [0, 0.05) is 16.6 Å². The van der Waals surface area contributed by atoms with Crippen LogP contribution >= 0.6 is 0 Å². The number of carbonyl (C=O) groups is 1. The van der Waals surface area contributed by atoms with Crippen molar-refractivity contribution < 1.29 is 4.79 Å². The third kappa shape index (κ3) is 1.69. The Morgan fingerprint density at radius 1 is 1.31 bits per heavy atom. The summed E-state index contributed by atoms with van der Waals surface area (Å²) in [7, 11) is 0. The van der Waals surface area contributed by atoms with Gasteiger partial charge in [-0.1, -0.05) is 11.6 Å². The first kappa shape index (κ1) is 10.7. The van der Waals surface area contributed by atoms with Crippen LogP contribution in [0.3, 0.4) is 0 Å². The van der Waals surface area contributed by atoms with E-state index >= 15 is 0 Å². The first-order valence-electron chi connectivity index (χ1n) is 5.35. The minimum Gasteiger partial charge on any atom is -0.369 e. The molecule has 3 nitrogen and oxygen atoms in total. The molecular weight excluding hydrogens is 200 g/mol. The Morgan fingerprint density at radius 2 is 2.00 bits per heavy atom. The largest absolute Gasteiger partial charge is 0.369 e. The molecule has 1 amide bonds. The van der Waals surface area contributed by atoms with Crippen molar-refractivity contribution in [2.75, 3.05) is 0 Å². The van der Waals surface area contributed by atoms with Gasteiger partial charge in [0.15, 0.2) is 0 Å². The number of nitrogens with one attached hydrogen (secondary N) is 1. The van der Waals surface area contributed by atoms with E-state index in [1.165, 1.54) is 11.1 Å². The van der Waals surface area contributed by atoms with Crippen LogP contribution in [0.15, 0.2) is 12.1 Å². The lowest BCUT2D eigenvalue weighted by molar-refractivity contribution is -0.117. The third-order valence-corrected chi connectivity index (χ3v) is 2.92. The van der Waals surface area contributed by atoms with Crippen LogP contribution in [0.25, 0.3) is 10.9 Å². The third-order valence-electron chi connectivity index (χ3n) is 2.92. The number of aromatic nitrogens is 1. The zero-order chi connectivity index (χ0) is 11.9. The zero-order valence-corrected chi connectivity index (χ0v) is 9.85. The summed E-state index contributed by atoms with van der Waals surface area (Å²) in [6.45, 7) is 6.11. The fraction of sp³-hybridized carbons (Fsp3) is 0.308. The van der Waals surface area contributed by atoms with Gasteiger partial charge < -0.3 is 10.7 Å². The lowest BCUT2D eigenvalue weighted by Gasteiger charge is -2.01. The number of fused-ring (bicyclic) bond motifs is 1. The number of hydrogen-bond donors (Lipinski definition) is 2. The number of carbonyl (C=O) groups excluding carboxylic acids is 1. The number of nitrogens with two attached hydrogens (primary N) is 1. The molecule has 0 spiro atoms. The Balaban J connectivity index is 2.73. The molecule has 0 bridgehead atoms. The van der Waals surface area contributed by atoms with Crippen molar-refractivity contribution in [1.29, 1.82) is 0 Å². The molecule has 0 saturated carbocycles. The zero-order valence-electron chi connectivity index (χ0n) is 9.85. The van der Waals surface area contributed by atoms with E-state index in [2.05, 4.69) is 31.0 Å². The highest BCUT2D eigenvalue weighted by molar-refractivity contribution is 5.91. The minimum atomic E-state index is -0.289. The van der Waals surface area contributed by atoms with Gasteiger partial charge in [-0.05, 0) is 38.0 Å². The van der Waals surface area contributed by atoms with E-state index in [0.29, 0.717) is 6.42 Å². The Bertz CT molecular complexity index is 567. The summed E-state index contributed by atoms with van der Waals surface area (Å²) in [6.07, 6.45) is 0.300. The van der Waals surface area contributed by atoms with E-state index < -0.39 is 0 Å². The van der Waals surface area contributed by atoms with E-state index in [-0.39, 0.29) is 5.91 Å². The number of benzene rings is 1. The predicted octanol–water partition coefficient (Wildman–Crippen LogP) is 2.12. The maximum absolute atomic E-state index is 11.0. The summed E-state index contributed by atoms with van der Waals surface area (Å²) in [4.78, 5) is 14.4. The maximum Gasteiger partial charge on any atom is 0.221 e. The topological polar surface area (TPSA) is 58.9 Å². The van der Waals surface area contributed by atoms with E-state index in [9.17, 15) is 4.79 Å². The second kappa shape index (κ2) is 3.67. The average Bonchev–Trinajstić information content (AvgIpc) is 2.45. The summed E-state index contributed by atoms with van der Waals surface area (Å²) in [5.41, 5.74) is 10.8. The molecule has 0 aliphatic heterocycles. The van der Waals surface area contributed by atoms with E-state index in [4.69, 9.17) is 5.73 Å². The molecular formula is C13H16N2O. The van der Waals surface area contributed by atoms with Crippen molar-refractivity contribution in [3.05, 3.63) is 34.5 Å². The van der Waals surface area contributed by atoms with Crippen LogP contribution in [0.4, 0.5) is 0 Å². The smallest absolute Gasteiger partial charge is 0.221 e. The quantitative estimate of drug-likeness (QED) is 0.793. The number of primary amides is 1. The van der Waals surface area contributed by atoms with Gasteiger partial charge in [-0.2, -0.15) is 0 Å². The lowest BCUT2D eigenvalue weighted by Crippen LogP contribution is -2.14. The van der Waals surface area contributed by atoms with Gasteiger partial charge in [0.05, 0.1) is 6.42 Å². The van der Waals surface area contributed by atoms with Crippen LogP contribution in [0.2, 0.25) is 0 Å². The maximum atomic E-state index is 11.0. The van der Waals surface area contributed by atoms with E-state index in [0.717, 1.165) is 22.2 Å². The van der Waals surface area contributed by atoms with Gasteiger partial charge >= 0.3 is 0 Å². The highest BCUT2D eigenvalue weighted by atomic mass is 16.1. The van der Waals surface area contributed by atoms with Crippen molar-refractivity contribution in [3.63, 3.8) is 0 Å². The summed E-state index contributed by atoms with van der Waals surface area (Å²) in [5.74, 6) is -0.289. The van der Waals surface area contributed by atoms with Gasteiger partial charge in [0.25, 0.3) is 0 Å². The summed E-state index contributed by atoms with van der Waals surface area (Å²) in [6, 6.07) is 4.23. The molecule has 0 saturated heterocycles. The molecule has 16 heavy (non-hydrogen) atoms. The summed E-state index contributed by atoms with van der Waals surface area (Å²) >= 11 is 0. The highest BCUT2D eigenvalue weighted by Gasteiger charge is 2.12. The molecule has 0 atom stereocenters. The molecule has 0 aliphatic rings. The average molecular weight is 216 g/mol. The lowest BCUT2D eigenvalue weighted by atomic mass is 10.0. The SMILES string of the molecule is Cc1cc(C)c2[nH]c(C)c(CC(N)=O)c2c1. The standard InChI is InChI=1S/C13H16N2O/c1-7-4-8(2)13-11(5-7)10(6-12(14)16)9(3)15-13/h4-5,15H,6H2,1-3H3,(H2,14,16). The van der Waals surface area contributed by atoms with Crippen molar-refractivity contribution in [2.45, 2.75) is 27.2 Å². The molecule has 84 valence electrons. The molecule has 1 heterocycles. The normalized spacial score (nSPS) is 10.9. The van der Waals surface area contributed by atoms with Crippen LogP contribution in [0, 0.1) is 20.8 Å². The predicted molar refractivity (Wildman–Crippen MR) is 65.4 cm³/mol. The molecule has 3 heteroatoms. The molecule has 1 aromatic heterocycles. The highest BCUT2D eigenvalue weighted by Crippen LogP contribution is 2.26. The van der Waals surface area contributed by atoms with Crippen LogP contribution in [-0.4, -0.2) is 10.9 Å². The number of aryl methyl sites for hydroxylation is 3. The Kier molecular flexibility index (Phi) is 2.46. The van der Waals surface area contributed by atoms with Crippen molar-refractivity contribution >= 4 is 16.8 Å². The van der Waals surface area contributed by atoms with Crippen molar-refractivity contribution in [1.82, 2.24) is 4.98 Å². The Morgan fingerprint density at radius 3 is 2.62 bits per heavy atom. The van der Waals surface area contributed by atoms with Gasteiger partial charge in [0.1, 0.15) is 0 Å². The van der Waals surface area contributed by atoms with Gasteiger partial charge in [-0.3, -0.25) is 4.79 Å². The molecule has 0 aliphatic carbocycles. The number of rotatable bonds is 2. The fourth-order valence-corrected chi connectivity index (χ4v) is 2.24. The number of hydrogen-bond acceptors (Lipinski definition) is 1. The number of aromatic amines is 1. The summed E-state index contributed by atoms with van der Waals surface area (Å²) in [5, 5.41) is 1.12. The molecule has 0 fully saturated rings. The molecule has 2 aromatic rings. The van der Waals surface area contributed by atoms with Crippen molar-refractivity contribution in [3.8, 4) is 0 Å².